The number of rotatable bonds is 4. The molecule has 0 spiro atoms. The molecule has 0 saturated carbocycles. The summed E-state index contributed by atoms with van der Waals surface area (Å²) < 4.78 is 5.54. The van der Waals surface area contributed by atoms with Crippen LogP contribution in [-0.2, 0) is 15.8 Å². The molecule has 2 aromatic carbocycles. The molecule has 0 aromatic heterocycles. The number of benzene rings is 2. The van der Waals surface area contributed by atoms with Crippen LogP contribution in [0, 0.1) is 0 Å². The van der Waals surface area contributed by atoms with Crippen LogP contribution in [0.3, 0.4) is 0 Å². The third-order valence-corrected chi connectivity index (χ3v) is 5.04. The quantitative estimate of drug-likeness (QED) is 0.836. The highest BCUT2D eigenvalue weighted by atomic mass is 32.3. The van der Waals surface area contributed by atoms with Crippen LogP contribution >= 0.6 is 10.5 Å². The van der Waals surface area contributed by atoms with E-state index in [4.69, 9.17) is 4.28 Å². The van der Waals surface area contributed by atoms with Gasteiger partial charge >= 0.3 is 0 Å². The third kappa shape index (κ3) is 2.69. The average molecular weight is 245 g/mol. The molecule has 1 fully saturated rings. The van der Waals surface area contributed by atoms with Crippen LogP contribution in [0.2, 0.25) is 0 Å². The predicted molar refractivity (Wildman–Crippen MR) is 72.1 cm³/mol. The molecular weight excluding hydrogens is 230 g/mol. The van der Waals surface area contributed by atoms with Crippen molar-refractivity contribution in [3.8, 4) is 0 Å². The first-order chi connectivity index (χ1) is 8.36. The lowest BCUT2D eigenvalue weighted by molar-refractivity contribution is 0.467. The lowest BCUT2D eigenvalue weighted by Crippen LogP contribution is -1.96. The van der Waals surface area contributed by atoms with Gasteiger partial charge in [0.05, 0.1) is 0 Å². The van der Waals surface area contributed by atoms with Crippen molar-refractivity contribution in [1.82, 2.24) is 4.89 Å². The van der Waals surface area contributed by atoms with Gasteiger partial charge in [-0.05, 0) is 21.6 Å². The minimum atomic E-state index is -1.09. The molecule has 0 amide bonds. The standard InChI is InChI=1S/C14H15NOS/c1-3-7-13(8-4-1)11-17(15-16-17)12-14-9-5-2-6-10-14/h1-10,15H,11-12H2. The number of hydrogen-bond acceptors (Lipinski definition) is 2. The van der Waals surface area contributed by atoms with Crippen LogP contribution in [0.1, 0.15) is 11.1 Å². The SMILES string of the molecule is c1ccc(CS2(Cc3ccccc3)NO2)cc1. The van der Waals surface area contributed by atoms with E-state index in [9.17, 15) is 0 Å². The first-order valence-corrected chi connectivity index (χ1v) is 7.58. The van der Waals surface area contributed by atoms with Crippen molar-refractivity contribution >= 4 is 10.5 Å². The van der Waals surface area contributed by atoms with E-state index < -0.39 is 10.5 Å². The Morgan fingerprint density at radius 3 is 1.53 bits per heavy atom. The van der Waals surface area contributed by atoms with Gasteiger partial charge in [0.2, 0.25) is 0 Å². The summed E-state index contributed by atoms with van der Waals surface area (Å²) in [5, 5.41) is 0. The van der Waals surface area contributed by atoms with Crippen molar-refractivity contribution in [3.63, 3.8) is 0 Å². The topological polar surface area (TPSA) is 34.5 Å². The highest BCUT2D eigenvalue weighted by Crippen LogP contribution is 2.61. The highest BCUT2D eigenvalue weighted by molar-refractivity contribution is 8.30. The third-order valence-electron chi connectivity index (χ3n) is 2.80. The zero-order chi connectivity index (χ0) is 11.6. The first kappa shape index (κ1) is 10.8. The van der Waals surface area contributed by atoms with Gasteiger partial charge in [-0.3, -0.25) is 0 Å². The van der Waals surface area contributed by atoms with Crippen LogP contribution in [0.4, 0.5) is 0 Å². The summed E-state index contributed by atoms with van der Waals surface area (Å²) in [6.07, 6.45) is 0. The average Bonchev–Trinajstić information content (AvgIpc) is 3.11. The molecule has 3 rings (SSSR count). The van der Waals surface area contributed by atoms with Gasteiger partial charge in [-0.25, -0.2) is 4.28 Å². The van der Waals surface area contributed by atoms with E-state index in [0.29, 0.717) is 0 Å². The van der Waals surface area contributed by atoms with Gasteiger partial charge in [0.15, 0.2) is 0 Å². The van der Waals surface area contributed by atoms with Gasteiger partial charge in [0, 0.05) is 11.5 Å². The van der Waals surface area contributed by atoms with E-state index in [-0.39, 0.29) is 0 Å². The summed E-state index contributed by atoms with van der Waals surface area (Å²) in [7, 11) is -1.09. The van der Waals surface area contributed by atoms with Crippen LogP contribution in [-0.4, -0.2) is 0 Å². The molecule has 0 bridgehead atoms. The Balaban J connectivity index is 1.71. The molecule has 88 valence electrons. The molecule has 1 N–H and O–H groups in total. The summed E-state index contributed by atoms with van der Waals surface area (Å²) in [6.45, 7) is 0. The largest absolute Gasteiger partial charge is 0.226 e. The van der Waals surface area contributed by atoms with Crippen molar-refractivity contribution in [3.05, 3.63) is 71.8 Å². The molecule has 0 radical (unpaired) electrons. The Kier molecular flexibility index (Phi) is 2.89. The molecule has 17 heavy (non-hydrogen) atoms. The van der Waals surface area contributed by atoms with Gasteiger partial charge < -0.3 is 0 Å². The summed E-state index contributed by atoms with van der Waals surface area (Å²) >= 11 is 0. The fourth-order valence-electron chi connectivity index (χ4n) is 1.90. The maximum atomic E-state index is 5.54. The molecule has 2 nitrogen and oxygen atoms in total. The fraction of sp³-hybridized carbons (Fsp3) is 0.143. The lowest BCUT2D eigenvalue weighted by Gasteiger charge is -2.14. The Morgan fingerprint density at radius 2 is 1.18 bits per heavy atom. The molecule has 0 unspecified atom stereocenters. The summed E-state index contributed by atoms with van der Waals surface area (Å²) in [5.41, 5.74) is 2.67. The zero-order valence-electron chi connectivity index (χ0n) is 9.50. The van der Waals surface area contributed by atoms with Crippen molar-refractivity contribution < 1.29 is 4.28 Å². The minimum Gasteiger partial charge on any atom is -0.226 e. The van der Waals surface area contributed by atoms with E-state index in [2.05, 4.69) is 53.4 Å². The van der Waals surface area contributed by atoms with E-state index in [1.807, 2.05) is 12.1 Å². The van der Waals surface area contributed by atoms with Crippen LogP contribution in [0.25, 0.3) is 0 Å². The second-order valence-corrected chi connectivity index (χ2v) is 6.77. The minimum absolute atomic E-state index is 0.989. The molecule has 1 saturated heterocycles. The van der Waals surface area contributed by atoms with E-state index in [1.54, 1.807) is 0 Å². The highest BCUT2D eigenvalue weighted by Gasteiger charge is 2.39. The van der Waals surface area contributed by atoms with Gasteiger partial charge in [-0.15, -0.1) is 4.89 Å². The predicted octanol–water partition coefficient (Wildman–Crippen LogP) is 3.56. The second kappa shape index (κ2) is 4.53. The van der Waals surface area contributed by atoms with Crippen LogP contribution in [0.5, 0.6) is 0 Å². The lowest BCUT2D eigenvalue weighted by atomic mass is 10.2. The molecular formula is C14H15NOS. The maximum absolute atomic E-state index is 5.54. The monoisotopic (exact) mass is 245 g/mol. The molecule has 3 heteroatoms. The van der Waals surface area contributed by atoms with Crippen molar-refractivity contribution in [2.75, 3.05) is 0 Å². The molecule has 1 heterocycles. The maximum Gasteiger partial charge on any atom is 0.0408 e. The van der Waals surface area contributed by atoms with E-state index in [0.717, 1.165) is 11.5 Å². The Morgan fingerprint density at radius 1 is 0.765 bits per heavy atom. The molecule has 0 aliphatic carbocycles. The van der Waals surface area contributed by atoms with Gasteiger partial charge in [-0.2, -0.15) is 0 Å². The van der Waals surface area contributed by atoms with Gasteiger partial charge in [0.1, 0.15) is 0 Å². The summed E-state index contributed by atoms with van der Waals surface area (Å²) in [4.78, 5) is 3.13. The Hall–Kier alpha value is -1.29. The smallest absolute Gasteiger partial charge is 0.0408 e. The fourth-order valence-corrected chi connectivity index (χ4v) is 4.09. The molecule has 2 aromatic rings. The second-order valence-electron chi connectivity index (χ2n) is 4.24. The van der Waals surface area contributed by atoms with Crippen molar-refractivity contribution in [2.45, 2.75) is 11.5 Å². The number of nitrogens with one attached hydrogen (secondary N) is 1. The zero-order valence-corrected chi connectivity index (χ0v) is 10.3. The normalized spacial score (nSPS) is 18.6. The van der Waals surface area contributed by atoms with Gasteiger partial charge in [-0.1, -0.05) is 60.7 Å². The summed E-state index contributed by atoms with van der Waals surface area (Å²) in [5.74, 6) is 1.98. The van der Waals surface area contributed by atoms with E-state index in [1.165, 1.54) is 11.1 Å². The molecule has 0 atom stereocenters. The van der Waals surface area contributed by atoms with Crippen molar-refractivity contribution in [1.29, 1.82) is 0 Å². The van der Waals surface area contributed by atoms with Gasteiger partial charge in [0.25, 0.3) is 0 Å². The Bertz CT molecular complexity index is 439. The van der Waals surface area contributed by atoms with E-state index >= 15 is 0 Å². The van der Waals surface area contributed by atoms with Crippen LogP contribution in [0.15, 0.2) is 60.7 Å². The molecule has 1 aliphatic rings. The Labute approximate surface area is 103 Å². The summed E-state index contributed by atoms with van der Waals surface area (Å²) in [6, 6.07) is 21.0. The number of hydrogen-bond donors (Lipinski definition) is 1. The van der Waals surface area contributed by atoms with Crippen LogP contribution < -0.4 is 4.89 Å². The first-order valence-electron chi connectivity index (χ1n) is 5.68. The van der Waals surface area contributed by atoms with Crippen molar-refractivity contribution in [2.24, 2.45) is 0 Å². The molecule has 1 aliphatic heterocycles.